The number of carbonyl (C=O) groups is 2. The number of ketones is 1. The second kappa shape index (κ2) is 10.1. The minimum atomic E-state index is -0.612. The highest BCUT2D eigenvalue weighted by Crippen LogP contribution is 2.19. The molecule has 1 amide bonds. The molecule has 7 nitrogen and oxygen atoms in total. The zero-order valence-electron chi connectivity index (χ0n) is 17.7. The van der Waals surface area contributed by atoms with E-state index in [0.717, 1.165) is 11.3 Å². The Morgan fingerprint density at radius 3 is 2.97 bits per heavy atom. The Morgan fingerprint density at radius 1 is 1.31 bits per heavy atom. The smallest absolute Gasteiger partial charge is 0.232 e. The number of thioether (sulfide) groups is 1. The summed E-state index contributed by atoms with van der Waals surface area (Å²) >= 11 is 1.53. The van der Waals surface area contributed by atoms with Gasteiger partial charge in [0, 0.05) is 30.8 Å². The molecule has 1 aliphatic rings. The normalized spacial score (nSPS) is 16.3. The number of halogens is 1. The maximum Gasteiger partial charge on any atom is 0.232 e. The van der Waals surface area contributed by atoms with Crippen molar-refractivity contribution in [3.8, 4) is 5.75 Å². The van der Waals surface area contributed by atoms with E-state index in [4.69, 9.17) is 9.47 Å². The van der Waals surface area contributed by atoms with Gasteiger partial charge in [0.1, 0.15) is 29.9 Å². The summed E-state index contributed by atoms with van der Waals surface area (Å²) in [6.45, 7) is 2.88. The van der Waals surface area contributed by atoms with E-state index in [1.54, 1.807) is 11.0 Å². The van der Waals surface area contributed by atoms with Crippen molar-refractivity contribution in [2.45, 2.75) is 18.8 Å². The lowest BCUT2D eigenvalue weighted by molar-refractivity contribution is -0.137. The number of hydrogen-bond acceptors (Lipinski definition) is 6. The number of pyridine rings is 1. The number of amides is 1. The number of rotatable bonds is 8. The van der Waals surface area contributed by atoms with Crippen molar-refractivity contribution < 1.29 is 23.5 Å². The van der Waals surface area contributed by atoms with E-state index in [-0.39, 0.29) is 30.0 Å². The number of imidazole rings is 1. The lowest BCUT2D eigenvalue weighted by atomic mass is 10.1. The van der Waals surface area contributed by atoms with Gasteiger partial charge in [-0.25, -0.2) is 9.37 Å². The Bertz CT molecular complexity index is 1090. The quantitative estimate of drug-likeness (QED) is 0.484. The van der Waals surface area contributed by atoms with Crippen molar-refractivity contribution in [2.24, 2.45) is 0 Å². The molecule has 168 valence electrons. The van der Waals surface area contributed by atoms with E-state index < -0.39 is 5.82 Å². The van der Waals surface area contributed by atoms with Crippen LogP contribution < -0.4 is 4.74 Å². The first kappa shape index (κ1) is 22.3. The van der Waals surface area contributed by atoms with Crippen LogP contribution in [-0.4, -0.2) is 64.1 Å². The third kappa shape index (κ3) is 5.46. The van der Waals surface area contributed by atoms with Crippen LogP contribution in [0.4, 0.5) is 4.39 Å². The van der Waals surface area contributed by atoms with Gasteiger partial charge in [0.15, 0.2) is 5.78 Å². The fourth-order valence-corrected chi connectivity index (χ4v) is 4.31. The zero-order valence-corrected chi connectivity index (χ0v) is 18.5. The van der Waals surface area contributed by atoms with Crippen LogP contribution in [0.3, 0.4) is 0 Å². The Morgan fingerprint density at radius 2 is 2.19 bits per heavy atom. The van der Waals surface area contributed by atoms with Crippen LogP contribution in [0.15, 0.2) is 48.8 Å². The van der Waals surface area contributed by atoms with Gasteiger partial charge in [0.2, 0.25) is 5.91 Å². The summed E-state index contributed by atoms with van der Waals surface area (Å²) in [4.78, 5) is 30.3. The van der Waals surface area contributed by atoms with Crippen molar-refractivity contribution >= 4 is 29.1 Å². The van der Waals surface area contributed by atoms with Gasteiger partial charge >= 0.3 is 0 Å². The molecule has 1 aliphatic heterocycles. The Hall–Kier alpha value is -2.91. The third-order valence-corrected chi connectivity index (χ3v) is 6.09. The van der Waals surface area contributed by atoms with Gasteiger partial charge in [-0.2, -0.15) is 0 Å². The Kier molecular flexibility index (Phi) is 7.06. The SMILES string of the molecule is CC(=O)c1ccc(OCC2CN(C(=O)CSCc3cn4ccccc4n3)CCO2)cc1F. The van der Waals surface area contributed by atoms with E-state index in [0.29, 0.717) is 37.0 Å². The van der Waals surface area contributed by atoms with Crippen LogP contribution in [0.5, 0.6) is 5.75 Å². The van der Waals surface area contributed by atoms with E-state index in [2.05, 4.69) is 4.98 Å². The molecule has 32 heavy (non-hydrogen) atoms. The molecule has 2 aromatic heterocycles. The first-order valence-electron chi connectivity index (χ1n) is 10.3. The lowest BCUT2D eigenvalue weighted by Crippen LogP contribution is -2.48. The van der Waals surface area contributed by atoms with Crippen molar-refractivity contribution in [1.29, 1.82) is 0 Å². The van der Waals surface area contributed by atoms with E-state index in [1.165, 1.54) is 30.8 Å². The zero-order chi connectivity index (χ0) is 22.5. The minimum Gasteiger partial charge on any atom is -0.491 e. The van der Waals surface area contributed by atoms with Crippen LogP contribution >= 0.6 is 11.8 Å². The number of morpholine rings is 1. The Labute approximate surface area is 189 Å². The van der Waals surface area contributed by atoms with Crippen LogP contribution in [0.2, 0.25) is 0 Å². The summed E-state index contributed by atoms with van der Waals surface area (Å²) in [7, 11) is 0. The van der Waals surface area contributed by atoms with Gasteiger partial charge in [-0.15, -0.1) is 11.8 Å². The molecule has 9 heteroatoms. The number of ether oxygens (including phenoxy) is 2. The summed E-state index contributed by atoms with van der Waals surface area (Å²) in [5, 5.41) is 0. The Balaban J connectivity index is 1.23. The summed E-state index contributed by atoms with van der Waals surface area (Å²) < 4.78 is 27.2. The molecule has 1 unspecified atom stereocenters. The van der Waals surface area contributed by atoms with Crippen LogP contribution in [0.1, 0.15) is 23.0 Å². The number of hydrogen-bond donors (Lipinski definition) is 0. The van der Waals surface area contributed by atoms with E-state index in [1.807, 2.05) is 35.0 Å². The third-order valence-electron chi connectivity index (χ3n) is 5.14. The van der Waals surface area contributed by atoms with Crippen LogP contribution in [0, 0.1) is 5.82 Å². The van der Waals surface area contributed by atoms with Crippen molar-refractivity contribution in [3.63, 3.8) is 0 Å². The van der Waals surface area contributed by atoms with Gasteiger partial charge in [-0.3, -0.25) is 9.59 Å². The molecule has 1 saturated heterocycles. The second-order valence-electron chi connectivity index (χ2n) is 7.53. The summed E-state index contributed by atoms with van der Waals surface area (Å²) in [5.74, 6) is 0.439. The number of aromatic nitrogens is 2. The fourth-order valence-electron chi connectivity index (χ4n) is 3.50. The highest BCUT2D eigenvalue weighted by atomic mass is 32.2. The molecule has 0 aliphatic carbocycles. The molecule has 0 spiro atoms. The van der Waals surface area contributed by atoms with Gasteiger partial charge in [-0.05, 0) is 31.2 Å². The maximum atomic E-state index is 13.9. The molecule has 3 heterocycles. The number of nitrogens with zero attached hydrogens (tertiary/aromatic N) is 3. The number of carbonyl (C=O) groups excluding carboxylic acids is 2. The molecule has 0 bridgehead atoms. The predicted molar refractivity (Wildman–Crippen MR) is 120 cm³/mol. The molecular formula is C23H24FN3O4S. The monoisotopic (exact) mass is 457 g/mol. The molecule has 1 atom stereocenters. The van der Waals surface area contributed by atoms with Gasteiger partial charge in [0.25, 0.3) is 0 Å². The van der Waals surface area contributed by atoms with Crippen molar-refractivity contribution in [2.75, 3.05) is 32.1 Å². The fraction of sp³-hybridized carbons (Fsp3) is 0.348. The topological polar surface area (TPSA) is 73.1 Å². The molecule has 1 aromatic carbocycles. The number of benzene rings is 1. The highest BCUT2D eigenvalue weighted by Gasteiger charge is 2.25. The molecular weight excluding hydrogens is 433 g/mol. The first-order chi connectivity index (χ1) is 15.5. The highest BCUT2D eigenvalue weighted by molar-refractivity contribution is 7.99. The van der Waals surface area contributed by atoms with E-state index >= 15 is 0 Å². The maximum absolute atomic E-state index is 13.9. The minimum absolute atomic E-state index is 0.0316. The molecule has 3 aromatic rings. The molecule has 1 fully saturated rings. The van der Waals surface area contributed by atoms with Gasteiger partial charge in [-0.1, -0.05) is 6.07 Å². The number of fused-ring (bicyclic) bond motifs is 1. The molecule has 0 N–H and O–H groups in total. The first-order valence-corrected chi connectivity index (χ1v) is 11.5. The summed E-state index contributed by atoms with van der Waals surface area (Å²) in [6, 6.07) is 10.00. The molecule has 4 rings (SSSR count). The average molecular weight is 458 g/mol. The molecule has 0 saturated carbocycles. The van der Waals surface area contributed by atoms with Crippen LogP contribution in [0.25, 0.3) is 5.65 Å². The largest absolute Gasteiger partial charge is 0.491 e. The predicted octanol–water partition coefficient (Wildman–Crippen LogP) is 3.22. The standard InChI is InChI=1S/C23H24FN3O4S/c1-16(28)20-6-5-18(10-21(20)24)31-13-19-12-27(8-9-30-19)23(29)15-32-14-17-11-26-7-3-2-4-22(26)25-17/h2-7,10-11,19H,8-9,12-15H2,1H3. The van der Waals surface area contributed by atoms with Gasteiger partial charge in [0.05, 0.1) is 30.2 Å². The van der Waals surface area contributed by atoms with E-state index in [9.17, 15) is 14.0 Å². The lowest BCUT2D eigenvalue weighted by Gasteiger charge is -2.32. The summed E-state index contributed by atoms with van der Waals surface area (Å²) in [5.41, 5.74) is 1.86. The molecule has 0 radical (unpaired) electrons. The summed E-state index contributed by atoms with van der Waals surface area (Å²) in [6.07, 6.45) is 3.62. The van der Waals surface area contributed by atoms with Gasteiger partial charge < -0.3 is 18.8 Å². The van der Waals surface area contributed by atoms with Crippen molar-refractivity contribution in [3.05, 3.63) is 65.9 Å². The second-order valence-corrected chi connectivity index (χ2v) is 8.52. The van der Waals surface area contributed by atoms with Crippen molar-refractivity contribution in [1.82, 2.24) is 14.3 Å². The average Bonchev–Trinajstić information content (AvgIpc) is 3.20. The number of Topliss-reactive ketones (excluding diaryl/α,β-unsaturated/α-hetero) is 1. The van der Waals surface area contributed by atoms with Crippen LogP contribution in [-0.2, 0) is 15.3 Å².